The van der Waals surface area contributed by atoms with Crippen molar-refractivity contribution in [2.24, 2.45) is 0 Å². The largest absolute Gasteiger partial charge is 0.496 e. The lowest BCUT2D eigenvalue weighted by molar-refractivity contribution is 0.331. The molecule has 146 valence electrons. The highest BCUT2D eigenvalue weighted by Crippen LogP contribution is 2.26. The Hall–Kier alpha value is -1.89. The minimum Gasteiger partial charge on any atom is -0.496 e. The van der Waals surface area contributed by atoms with Crippen molar-refractivity contribution in [3.05, 3.63) is 58.7 Å². The Balaban J connectivity index is 1.66. The van der Waals surface area contributed by atoms with E-state index in [0.717, 1.165) is 17.7 Å². The molecule has 1 aliphatic heterocycles. The lowest BCUT2D eigenvalue weighted by atomic mass is 10.1. The van der Waals surface area contributed by atoms with Crippen molar-refractivity contribution in [3.63, 3.8) is 0 Å². The molecule has 0 bridgehead atoms. The predicted octanol–water partition coefficient (Wildman–Crippen LogP) is 3.39. The molecule has 1 N–H and O–H groups in total. The maximum atomic E-state index is 12.7. The first-order chi connectivity index (χ1) is 12.9. The SMILES string of the molecule is COc1ccc(S(=O)(=O)NCc2ccc(CN3CCCC3)cc2)c(C)c1C. The lowest BCUT2D eigenvalue weighted by Gasteiger charge is -2.15. The zero-order valence-corrected chi connectivity index (χ0v) is 17.1. The van der Waals surface area contributed by atoms with Crippen molar-refractivity contribution in [1.29, 1.82) is 0 Å². The monoisotopic (exact) mass is 388 g/mol. The van der Waals surface area contributed by atoms with Crippen molar-refractivity contribution in [2.75, 3.05) is 20.2 Å². The molecule has 0 aromatic heterocycles. The molecular formula is C21H28N2O3S. The Bertz CT molecular complexity index is 886. The van der Waals surface area contributed by atoms with E-state index >= 15 is 0 Å². The maximum Gasteiger partial charge on any atom is 0.241 e. The molecule has 1 fully saturated rings. The van der Waals surface area contributed by atoms with E-state index in [0.29, 0.717) is 16.2 Å². The molecule has 0 saturated carbocycles. The summed E-state index contributed by atoms with van der Waals surface area (Å²) in [5.74, 6) is 0.694. The third-order valence-electron chi connectivity index (χ3n) is 5.29. The Morgan fingerprint density at radius 2 is 1.59 bits per heavy atom. The fourth-order valence-electron chi connectivity index (χ4n) is 3.50. The summed E-state index contributed by atoms with van der Waals surface area (Å²) in [7, 11) is -1.99. The van der Waals surface area contributed by atoms with Crippen LogP contribution in [0.3, 0.4) is 0 Å². The summed E-state index contributed by atoms with van der Waals surface area (Å²) in [6.07, 6.45) is 2.56. The van der Waals surface area contributed by atoms with Gasteiger partial charge in [0.1, 0.15) is 5.75 Å². The van der Waals surface area contributed by atoms with E-state index in [1.165, 1.54) is 31.5 Å². The summed E-state index contributed by atoms with van der Waals surface area (Å²) in [5, 5.41) is 0. The van der Waals surface area contributed by atoms with Gasteiger partial charge < -0.3 is 4.74 Å². The van der Waals surface area contributed by atoms with Crippen molar-refractivity contribution >= 4 is 10.0 Å². The Labute approximate surface area is 162 Å². The van der Waals surface area contributed by atoms with Gasteiger partial charge in [0.05, 0.1) is 12.0 Å². The zero-order chi connectivity index (χ0) is 19.4. The number of nitrogens with one attached hydrogen (secondary N) is 1. The molecule has 6 heteroatoms. The average molecular weight is 389 g/mol. The molecule has 0 amide bonds. The van der Waals surface area contributed by atoms with Gasteiger partial charge >= 0.3 is 0 Å². The second-order valence-electron chi connectivity index (χ2n) is 7.14. The summed E-state index contributed by atoms with van der Waals surface area (Å²) in [6.45, 7) is 7.25. The summed E-state index contributed by atoms with van der Waals surface area (Å²) in [6, 6.07) is 11.5. The molecule has 3 rings (SSSR count). The Morgan fingerprint density at radius 3 is 2.22 bits per heavy atom. The first kappa shape index (κ1) is 19.9. The number of nitrogens with zero attached hydrogens (tertiary/aromatic N) is 1. The standard InChI is InChI=1S/C21H28N2O3S/c1-16-17(2)21(11-10-20(16)26-3)27(24,25)22-14-18-6-8-19(9-7-18)15-23-12-4-5-13-23/h6-11,22H,4-5,12-15H2,1-3H3. The molecule has 1 aliphatic rings. The van der Waals surface area contributed by atoms with Crippen LogP contribution in [0, 0.1) is 13.8 Å². The summed E-state index contributed by atoms with van der Waals surface area (Å²) < 4.78 is 33.4. The third-order valence-corrected chi connectivity index (χ3v) is 6.84. The molecule has 0 atom stereocenters. The first-order valence-electron chi connectivity index (χ1n) is 9.35. The van der Waals surface area contributed by atoms with Gasteiger partial charge in [-0.25, -0.2) is 13.1 Å². The smallest absolute Gasteiger partial charge is 0.241 e. The number of sulfonamides is 1. The highest BCUT2D eigenvalue weighted by Gasteiger charge is 2.19. The Kier molecular flexibility index (Phi) is 6.19. The fourth-order valence-corrected chi connectivity index (χ4v) is 4.82. The lowest BCUT2D eigenvalue weighted by Crippen LogP contribution is -2.24. The maximum absolute atomic E-state index is 12.7. The number of rotatable bonds is 7. The van der Waals surface area contributed by atoms with E-state index in [1.54, 1.807) is 26.2 Å². The van der Waals surface area contributed by atoms with Gasteiger partial charge in [-0.05, 0) is 74.2 Å². The van der Waals surface area contributed by atoms with Crippen molar-refractivity contribution < 1.29 is 13.2 Å². The van der Waals surface area contributed by atoms with Crippen LogP contribution in [0.25, 0.3) is 0 Å². The third kappa shape index (κ3) is 4.69. The second kappa shape index (κ2) is 8.42. The molecule has 1 saturated heterocycles. The molecule has 1 heterocycles. The van der Waals surface area contributed by atoms with Crippen LogP contribution in [0.15, 0.2) is 41.3 Å². The van der Waals surface area contributed by atoms with Crippen molar-refractivity contribution in [1.82, 2.24) is 9.62 Å². The number of hydrogen-bond acceptors (Lipinski definition) is 4. The summed E-state index contributed by atoms with van der Waals surface area (Å²) >= 11 is 0. The molecule has 2 aromatic rings. The van der Waals surface area contributed by atoms with Gasteiger partial charge in [0.25, 0.3) is 0 Å². The van der Waals surface area contributed by atoms with Crippen LogP contribution in [-0.4, -0.2) is 33.5 Å². The van der Waals surface area contributed by atoms with Crippen LogP contribution >= 0.6 is 0 Å². The van der Waals surface area contributed by atoms with Crippen LogP contribution < -0.4 is 9.46 Å². The van der Waals surface area contributed by atoms with Crippen LogP contribution in [0.4, 0.5) is 0 Å². The van der Waals surface area contributed by atoms with Gasteiger partial charge in [-0.3, -0.25) is 4.90 Å². The fraction of sp³-hybridized carbons (Fsp3) is 0.429. The molecule has 0 unspecified atom stereocenters. The van der Waals surface area contributed by atoms with Crippen molar-refractivity contribution in [3.8, 4) is 5.75 Å². The average Bonchev–Trinajstić information content (AvgIpc) is 3.16. The molecular weight excluding hydrogens is 360 g/mol. The number of likely N-dealkylation sites (tertiary alicyclic amines) is 1. The summed E-state index contributed by atoms with van der Waals surface area (Å²) in [5.41, 5.74) is 3.77. The molecule has 0 aliphatic carbocycles. The van der Waals surface area contributed by atoms with Gasteiger partial charge in [-0.1, -0.05) is 24.3 Å². The number of benzene rings is 2. The second-order valence-corrected chi connectivity index (χ2v) is 8.88. The Morgan fingerprint density at radius 1 is 0.963 bits per heavy atom. The van der Waals surface area contributed by atoms with Gasteiger partial charge in [0, 0.05) is 13.1 Å². The highest BCUT2D eigenvalue weighted by atomic mass is 32.2. The normalized spacial score (nSPS) is 15.2. The molecule has 5 nitrogen and oxygen atoms in total. The van der Waals surface area contributed by atoms with Crippen LogP contribution in [0.1, 0.15) is 35.1 Å². The first-order valence-corrected chi connectivity index (χ1v) is 10.8. The highest BCUT2D eigenvalue weighted by molar-refractivity contribution is 7.89. The van der Waals surface area contributed by atoms with E-state index < -0.39 is 10.0 Å². The molecule has 2 aromatic carbocycles. The van der Waals surface area contributed by atoms with E-state index in [-0.39, 0.29) is 6.54 Å². The van der Waals surface area contributed by atoms with Gasteiger partial charge in [-0.15, -0.1) is 0 Å². The van der Waals surface area contributed by atoms with Gasteiger partial charge in [0.2, 0.25) is 10.0 Å². The zero-order valence-electron chi connectivity index (χ0n) is 16.3. The van der Waals surface area contributed by atoms with Crippen LogP contribution in [-0.2, 0) is 23.1 Å². The van der Waals surface area contributed by atoms with Crippen molar-refractivity contribution in [2.45, 2.75) is 44.7 Å². The van der Waals surface area contributed by atoms with Gasteiger partial charge in [-0.2, -0.15) is 0 Å². The topological polar surface area (TPSA) is 58.6 Å². The minimum absolute atomic E-state index is 0.275. The predicted molar refractivity (Wildman–Crippen MR) is 107 cm³/mol. The van der Waals surface area contributed by atoms with E-state index in [2.05, 4.69) is 21.8 Å². The molecule has 0 spiro atoms. The minimum atomic E-state index is -3.58. The van der Waals surface area contributed by atoms with E-state index in [1.807, 2.05) is 19.1 Å². The quantitative estimate of drug-likeness (QED) is 0.790. The van der Waals surface area contributed by atoms with Crippen LogP contribution in [0.2, 0.25) is 0 Å². The number of ether oxygens (including phenoxy) is 1. The molecule has 27 heavy (non-hydrogen) atoms. The molecule has 0 radical (unpaired) electrons. The number of hydrogen-bond donors (Lipinski definition) is 1. The van der Waals surface area contributed by atoms with E-state index in [4.69, 9.17) is 4.74 Å². The van der Waals surface area contributed by atoms with Gasteiger partial charge in [0.15, 0.2) is 0 Å². The van der Waals surface area contributed by atoms with E-state index in [9.17, 15) is 8.42 Å². The number of methoxy groups -OCH3 is 1. The summed E-state index contributed by atoms with van der Waals surface area (Å²) in [4.78, 5) is 2.75. The van der Waals surface area contributed by atoms with Crippen LogP contribution in [0.5, 0.6) is 5.75 Å².